The van der Waals surface area contributed by atoms with Crippen molar-refractivity contribution in [1.29, 1.82) is 0 Å². The SMILES string of the molecule is C(/C(=Nc1ccccc1)c1ccccc1)=C1\CCCN1. The van der Waals surface area contributed by atoms with Gasteiger partial charge in [-0.2, -0.15) is 0 Å². The van der Waals surface area contributed by atoms with Gasteiger partial charge in [-0.15, -0.1) is 0 Å². The van der Waals surface area contributed by atoms with Crippen LogP contribution in [0, 0.1) is 0 Å². The Kier molecular flexibility index (Phi) is 3.93. The van der Waals surface area contributed by atoms with E-state index in [2.05, 4.69) is 35.7 Å². The Bertz CT molecular complexity index is 604. The van der Waals surface area contributed by atoms with E-state index in [9.17, 15) is 0 Å². The maximum absolute atomic E-state index is 4.79. The second-order valence-corrected chi connectivity index (χ2v) is 4.90. The standard InChI is InChI=1S/C18H18N2/c1-3-8-15(9-4-1)18(14-17-12-7-13-19-17)20-16-10-5-2-6-11-16/h1-6,8-11,14,19H,7,12-13H2/b17-14-,20-18?. The van der Waals surface area contributed by atoms with Gasteiger partial charge in [0.05, 0.1) is 11.4 Å². The van der Waals surface area contributed by atoms with Gasteiger partial charge in [0.15, 0.2) is 0 Å². The number of aliphatic imine (C=N–C) groups is 1. The Morgan fingerprint density at radius 1 is 0.950 bits per heavy atom. The third-order valence-corrected chi connectivity index (χ3v) is 3.36. The van der Waals surface area contributed by atoms with Crippen molar-refractivity contribution in [2.45, 2.75) is 12.8 Å². The van der Waals surface area contributed by atoms with Gasteiger partial charge < -0.3 is 5.32 Å². The van der Waals surface area contributed by atoms with Crippen molar-refractivity contribution in [3.05, 3.63) is 78.0 Å². The molecule has 20 heavy (non-hydrogen) atoms. The quantitative estimate of drug-likeness (QED) is 0.828. The van der Waals surface area contributed by atoms with Gasteiger partial charge in [0, 0.05) is 17.8 Å². The Hall–Kier alpha value is -2.35. The molecule has 0 atom stereocenters. The zero-order valence-corrected chi connectivity index (χ0v) is 11.4. The van der Waals surface area contributed by atoms with Crippen molar-refractivity contribution in [3.8, 4) is 0 Å². The molecule has 1 heterocycles. The van der Waals surface area contributed by atoms with Gasteiger partial charge in [-0.25, -0.2) is 4.99 Å². The minimum absolute atomic E-state index is 0.987. The molecular formula is C18H18N2. The molecule has 0 unspecified atom stereocenters. The van der Waals surface area contributed by atoms with E-state index in [4.69, 9.17) is 4.99 Å². The van der Waals surface area contributed by atoms with Crippen LogP contribution in [0.3, 0.4) is 0 Å². The van der Waals surface area contributed by atoms with E-state index in [1.54, 1.807) is 0 Å². The van der Waals surface area contributed by atoms with Crippen LogP contribution in [0.15, 0.2) is 77.4 Å². The van der Waals surface area contributed by atoms with Crippen molar-refractivity contribution >= 4 is 11.4 Å². The smallest absolute Gasteiger partial charge is 0.0726 e. The van der Waals surface area contributed by atoms with E-state index >= 15 is 0 Å². The van der Waals surface area contributed by atoms with Gasteiger partial charge in [-0.05, 0) is 31.1 Å². The minimum Gasteiger partial charge on any atom is -0.388 e. The summed E-state index contributed by atoms with van der Waals surface area (Å²) >= 11 is 0. The highest BCUT2D eigenvalue weighted by Crippen LogP contribution is 2.16. The number of para-hydroxylation sites is 1. The summed E-state index contributed by atoms with van der Waals surface area (Å²) in [7, 11) is 0. The third kappa shape index (κ3) is 3.15. The van der Waals surface area contributed by atoms with Crippen LogP contribution in [0.4, 0.5) is 5.69 Å². The molecule has 2 aromatic carbocycles. The van der Waals surface area contributed by atoms with Crippen LogP contribution in [-0.2, 0) is 0 Å². The second kappa shape index (κ2) is 6.20. The summed E-state index contributed by atoms with van der Waals surface area (Å²) in [6, 6.07) is 20.5. The maximum atomic E-state index is 4.79. The highest BCUT2D eigenvalue weighted by Gasteiger charge is 2.08. The first-order chi connectivity index (χ1) is 9.92. The first kappa shape index (κ1) is 12.7. The molecule has 2 aromatic rings. The van der Waals surface area contributed by atoms with Gasteiger partial charge in [-0.1, -0.05) is 48.5 Å². The van der Waals surface area contributed by atoms with Crippen molar-refractivity contribution in [3.63, 3.8) is 0 Å². The highest BCUT2D eigenvalue weighted by molar-refractivity contribution is 6.10. The van der Waals surface area contributed by atoms with Crippen LogP contribution in [-0.4, -0.2) is 12.3 Å². The van der Waals surface area contributed by atoms with E-state index in [0.29, 0.717) is 0 Å². The molecule has 0 aromatic heterocycles. The average molecular weight is 262 g/mol. The van der Waals surface area contributed by atoms with Gasteiger partial charge >= 0.3 is 0 Å². The van der Waals surface area contributed by atoms with Crippen molar-refractivity contribution in [1.82, 2.24) is 5.32 Å². The summed E-state index contributed by atoms with van der Waals surface area (Å²) < 4.78 is 0. The fourth-order valence-electron chi connectivity index (χ4n) is 2.34. The van der Waals surface area contributed by atoms with Crippen LogP contribution in [0.1, 0.15) is 18.4 Å². The number of nitrogens with zero attached hydrogens (tertiary/aromatic N) is 1. The second-order valence-electron chi connectivity index (χ2n) is 4.90. The number of hydrogen-bond acceptors (Lipinski definition) is 2. The van der Waals surface area contributed by atoms with E-state index < -0.39 is 0 Å². The molecule has 3 rings (SSSR count). The van der Waals surface area contributed by atoms with Crippen molar-refractivity contribution < 1.29 is 0 Å². The van der Waals surface area contributed by atoms with E-state index in [1.807, 2.05) is 36.4 Å². The molecule has 2 heteroatoms. The average Bonchev–Trinajstić information content (AvgIpc) is 3.02. The monoisotopic (exact) mass is 262 g/mol. The maximum Gasteiger partial charge on any atom is 0.0726 e. The fourth-order valence-corrected chi connectivity index (χ4v) is 2.34. The lowest BCUT2D eigenvalue weighted by atomic mass is 10.1. The normalized spacial score (nSPS) is 17.2. The predicted molar refractivity (Wildman–Crippen MR) is 84.4 cm³/mol. The molecule has 100 valence electrons. The summed E-state index contributed by atoms with van der Waals surface area (Å²) in [6.45, 7) is 1.07. The summed E-state index contributed by atoms with van der Waals surface area (Å²) in [5, 5.41) is 3.42. The molecule has 0 radical (unpaired) electrons. The molecule has 2 nitrogen and oxygen atoms in total. The lowest BCUT2D eigenvalue weighted by Crippen LogP contribution is -2.07. The molecule has 1 aliphatic heterocycles. The van der Waals surface area contributed by atoms with Crippen molar-refractivity contribution in [2.75, 3.05) is 6.54 Å². The third-order valence-electron chi connectivity index (χ3n) is 3.36. The molecule has 0 aliphatic carbocycles. The first-order valence-corrected chi connectivity index (χ1v) is 7.05. The number of hydrogen-bond donors (Lipinski definition) is 1. The molecule has 1 N–H and O–H groups in total. The van der Waals surface area contributed by atoms with Crippen LogP contribution in [0.2, 0.25) is 0 Å². The Labute approximate surface area is 119 Å². The lowest BCUT2D eigenvalue weighted by molar-refractivity contribution is 0.904. The molecule has 0 bridgehead atoms. The Balaban J connectivity index is 1.99. The lowest BCUT2D eigenvalue weighted by Gasteiger charge is -2.05. The summed E-state index contributed by atoms with van der Waals surface area (Å²) in [5.74, 6) is 0. The van der Waals surface area contributed by atoms with E-state index in [1.165, 1.54) is 12.1 Å². The molecule has 0 amide bonds. The molecule has 0 spiro atoms. The molecule has 1 saturated heterocycles. The number of allylic oxidation sites excluding steroid dienone is 2. The van der Waals surface area contributed by atoms with Gasteiger partial charge in [0.25, 0.3) is 0 Å². The number of benzene rings is 2. The zero-order chi connectivity index (χ0) is 13.6. The minimum atomic E-state index is 0.987. The molecule has 0 saturated carbocycles. The summed E-state index contributed by atoms with van der Waals surface area (Å²) in [6.07, 6.45) is 4.50. The van der Waals surface area contributed by atoms with E-state index in [0.717, 1.165) is 29.9 Å². The highest BCUT2D eigenvalue weighted by atomic mass is 14.9. The first-order valence-electron chi connectivity index (χ1n) is 7.05. The van der Waals surface area contributed by atoms with Gasteiger partial charge in [-0.3, -0.25) is 0 Å². The number of rotatable bonds is 3. The molecule has 1 aliphatic rings. The van der Waals surface area contributed by atoms with Crippen LogP contribution in [0.25, 0.3) is 0 Å². The Morgan fingerprint density at radius 3 is 2.30 bits per heavy atom. The fraction of sp³-hybridized carbons (Fsp3) is 0.167. The number of nitrogens with one attached hydrogen (secondary N) is 1. The van der Waals surface area contributed by atoms with E-state index in [-0.39, 0.29) is 0 Å². The predicted octanol–water partition coefficient (Wildman–Crippen LogP) is 4.07. The van der Waals surface area contributed by atoms with Crippen LogP contribution >= 0.6 is 0 Å². The molecule has 1 fully saturated rings. The summed E-state index contributed by atoms with van der Waals surface area (Å²) in [5.41, 5.74) is 4.43. The van der Waals surface area contributed by atoms with Crippen molar-refractivity contribution in [2.24, 2.45) is 4.99 Å². The Morgan fingerprint density at radius 2 is 1.65 bits per heavy atom. The zero-order valence-electron chi connectivity index (χ0n) is 11.4. The largest absolute Gasteiger partial charge is 0.388 e. The summed E-state index contributed by atoms with van der Waals surface area (Å²) in [4.78, 5) is 4.79. The topological polar surface area (TPSA) is 24.4 Å². The van der Waals surface area contributed by atoms with Crippen LogP contribution < -0.4 is 5.32 Å². The van der Waals surface area contributed by atoms with Gasteiger partial charge in [0.1, 0.15) is 0 Å². The van der Waals surface area contributed by atoms with Crippen LogP contribution in [0.5, 0.6) is 0 Å². The molecular weight excluding hydrogens is 244 g/mol. The van der Waals surface area contributed by atoms with Gasteiger partial charge in [0.2, 0.25) is 0 Å².